The molecule has 7 nitrogen and oxygen atoms in total. The zero-order valence-electron chi connectivity index (χ0n) is 13.7. The molecule has 26 heavy (non-hydrogen) atoms. The quantitative estimate of drug-likeness (QED) is 0.704. The molecule has 0 unspecified atom stereocenters. The van der Waals surface area contributed by atoms with Crippen LogP contribution in [0.3, 0.4) is 0 Å². The molecule has 1 aromatic carbocycles. The van der Waals surface area contributed by atoms with Crippen molar-refractivity contribution in [3.63, 3.8) is 0 Å². The Morgan fingerprint density at radius 3 is 2.62 bits per heavy atom. The Kier molecular flexibility index (Phi) is 4.52. The van der Waals surface area contributed by atoms with Crippen LogP contribution >= 0.6 is 23.2 Å². The third-order valence-electron chi connectivity index (χ3n) is 4.36. The maximum atomic E-state index is 6.34. The van der Waals surface area contributed by atoms with Crippen LogP contribution < -0.4 is 10.5 Å². The van der Waals surface area contributed by atoms with Gasteiger partial charge in [0.15, 0.2) is 11.5 Å². The summed E-state index contributed by atoms with van der Waals surface area (Å²) >= 11 is 12.1. The van der Waals surface area contributed by atoms with Gasteiger partial charge in [0, 0.05) is 6.07 Å². The summed E-state index contributed by atoms with van der Waals surface area (Å²) in [6.07, 6.45) is 3.84. The molecule has 0 amide bonds. The summed E-state index contributed by atoms with van der Waals surface area (Å²) in [5, 5.41) is 12.8. The topological polar surface area (TPSA) is 100.0 Å². The van der Waals surface area contributed by atoms with E-state index in [0.717, 1.165) is 25.7 Å². The number of nitrogens with two attached hydrogens (primary N) is 1. The Morgan fingerprint density at radius 2 is 1.88 bits per heavy atom. The molecule has 0 radical (unpaired) electrons. The molecule has 1 aliphatic carbocycles. The number of nitrogens with zero attached hydrogens (tertiary/aromatic N) is 4. The van der Waals surface area contributed by atoms with Crippen LogP contribution in [0.2, 0.25) is 10.0 Å². The van der Waals surface area contributed by atoms with Gasteiger partial charge in [0.25, 0.3) is 5.89 Å². The van der Waals surface area contributed by atoms with E-state index in [1.54, 1.807) is 30.3 Å². The van der Waals surface area contributed by atoms with Gasteiger partial charge in [-0.15, -0.1) is 10.2 Å². The van der Waals surface area contributed by atoms with E-state index in [1.807, 2.05) is 0 Å². The average Bonchev–Trinajstić information content (AvgIpc) is 3.30. The Balaban J connectivity index is 1.53. The number of benzene rings is 1. The fourth-order valence-corrected chi connectivity index (χ4v) is 3.25. The van der Waals surface area contributed by atoms with Crippen LogP contribution in [-0.4, -0.2) is 20.3 Å². The second kappa shape index (κ2) is 6.83. The lowest BCUT2D eigenvalue weighted by Gasteiger charge is -2.17. The fraction of sp³-hybridized carbons (Fsp3) is 0.294. The fourth-order valence-electron chi connectivity index (χ4n) is 2.92. The van der Waals surface area contributed by atoms with Gasteiger partial charge in [-0.25, -0.2) is 0 Å². The predicted molar refractivity (Wildman–Crippen MR) is 96.2 cm³/mol. The minimum atomic E-state index is -0.512. The summed E-state index contributed by atoms with van der Waals surface area (Å²) < 4.78 is 10.9. The maximum Gasteiger partial charge on any atom is 0.278 e. The van der Waals surface area contributed by atoms with Crippen LogP contribution in [-0.2, 0) is 5.54 Å². The third-order valence-corrected chi connectivity index (χ3v) is 5.16. The van der Waals surface area contributed by atoms with Crippen LogP contribution in [0.1, 0.15) is 31.5 Å². The molecule has 0 aliphatic heterocycles. The summed E-state index contributed by atoms with van der Waals surface area (Å²) in [6, 6.07) is 8.41. The molecule has 2 heterocycles. The highest BCUT2D eigenvalue weighted by atomic mass is 35.5. The molecule has 0 spiro atoms. The van der Waals surface area contributed by atoms with Crippen molar-refractivity contribution in [2.45, 2.75) is 31.2 Å². The van der Waals surface area contributed by atoms with E-state index in [1.165, 1.54) is 0 Å². The van der Waals surface area contributed by atoms with Gasteiger partial charge in [0.1, 0.15) is 10.8 Å². The Bertz CT molecular complexity index is 923. The smallest absolute Gasteiger partial charge is 0.278 e. The van der Waals surface area contributed by atoms with Crippen molar-refractivity contribution in [2.24, 2.45) is 5.73 Å². The van der Waals surface area contributed by atoms with Crippen LogP contribution in [0.25, 0.3) is 11.6 Å². The van der Waals surface area contributed by atoms with E-state index in [4.69, 9.17) is 38.2 Å². The lowest BCUT2D eigenvalue weighted by Crippen LogP contribution is -2.34. The SMILES string of the molecule is NC1(c2noc(-c3ccc(Oc4cccc(Cl)c4Cl)nn3)n2)CCCC1. The molecule has 3 aromatic rings. The zero-order chi connectivity index (χ0) is 18.1. The first-order chi connectivity index (χ1) is 12.5. The van der Waals surface area contributed by atoms with Crippen molar-refractivity contribution in [3.8, 4) is 23.2 Å². The summed E-state index contributed by atoms with van der Waals surface area (Å²) in [5.74, 6) is 1.45. The first kappa shape index (κ1) is 17.2. The Morgan fingerprint density at radius 1 is 1.08 bits per heavy atom. The summed E-state index contributed by atoms with van der Waals surface area (Å²) in [5.41, 5.74) is 6.27. The van der Waals surface area contributed by atoms with E-state index < -0.39 is 5.54 Å². The van der Waals surface area contributed by atoms with Crippen LogP contribution in [0, 0.1) is 0 Å². The molecule has 1 fully saturated rings. The van der Waals surface area contributed by atoms with Crippen molar-refractivity contribution in [2.75, 3.05) is 0 Å². The van der Waals surface area contributed by atoms with Gasteiger partial charge in [-0.3, -0.25) is 0 Å². The summed E-state index contributed by atoms with van der Waals surface area (Å²) in [7, 11) is 0. The highest BCUT2D eigenvalue weighted by Crippen LogP contribution is 2.36. The molecule has 0 atom stereocenters. The standard InChI is InChI=1S/C17H15Cl2N5O2/c18-10-4-3-5-12(14(10)19)25-13-7-6-11(22-23-13)15-21-16(24-26-15)17(20)8-1-2-9-17/h3-7H,1-2,8-9,20H2. The van der Waals surface area contributed by atoms with Crippen LogP contribution in [0.15, 0.2) is 34.9 Å². The normalized spacial score (nSPS) is 16.0. The molecule has 2 N–H and O–H groups in total. The second-order valence-corrected chi connectivity index (χ2v) is 6.98. The van der Waals surface area contributed by atoms with Gasteiger partial charge in [-0.05, 0) is 31.0 Å². The van der Waals surface area contributed by atoms with Gasteiger partial charge >= 0.3 is 0 Å². The summed E-state index contributed by atoms with van der Waals surface area (Å²) in [4.78, 5) is 4.39. The number of hydrogen-bond donors (Lipinski definition) is 1. The van der Waals surface area contributed by atoms with E-state index in [-0.39, 0.29) is 11.8 Å². The van der Waals surface area contributed by atoms with Gasteiger partial charge in [-0.1, -0.05) is 47.3 Å². The highest BCUT2D eigenvalue weighted by molar-refractivity contribution is 6.42. The van der Waals surface area contributed by atoms with Crippen LogP contribution in [0.5, 0.6) is 11.6 Å². The first-order valence-corrected chi connectivity index (χ1v) is 8.90. The molecule has 0 bridgehead atoms. The number of halogens is 2. The van der Waals surface area contributed by atoms with E-state index >= 15 is 0 Å². The van der Waals surface area contributed by atoms with Crippen molar-refractivity contribution in [1.29, 1.82) is 0 Å². The van der Waals surface area contributed by atoms with E-state index in [2.05, 4.69) is 20.3 Å². The first-order valence-electron chi connectivity index (χ1n) is 8.14. The largest absolute Gasteiger partial charge is 0.436 e. The minimum absolute atomic E-state index is 0.267. The Hall–Kier alpha value is -2.22. The van der Waals surface area contributed by atoms with Gasteiger partial charge in [0.05, 0.1) is 10.6 Å². The number of aromatic nitrogens is 4. The predicted octanol–water partition coefficient (Wildman–Crippen LogP) is 4.35. The van der Waals surface area contributed by atoms with Gasteiger partial charge in [0.2, 0.25) is 5.88 Å². The molecule has 134 valence electrons. The van der Waals surface area contributed by atoms with Gasteiger partial charge in [-0.2, -0.15) is 4.98 Å². The molecule has 0 saturated heterocycles. The molecule has 1 aliphatic rings. The lowest BCUT2D eigenvalue weighted by molar-refractivity contribution is 0.372. The number of rotatable bonds is 4. The maximum absolute atomic E-state index is 6.34. The average molecular weight is 392 g/mol. The number of hydrogen-bond acceptors (Lipinski definition) is 7. The minimum Gasteiger partial charge on any atom is -0.436 e. The van der Waals surface area contributed by atoms with Crippen molar-refractivity contribution < 1.29 is 9.26 Å². The molecular weight excluding hydrogens is 377 g/mol. The van der Waals surface area contributed by atoms with Gasteiger partial charge < -0.3 is 15.0 Å². The molecule has 4 rings (SSSR count). The monoisotopic (exact) mass is 391 g/mol. The lowest BCUT2D eigenvalue weighted by atomic mass is 9.99. The zero-order valence-corrected chi connectivity index (χ0v) is 15.2. The molecular formula is C17H15Cl2N5O2. The third kappa shape index (κ3) is 3.25. The molecule has 9 heteroatoms. The highest BCUT2D eigenvalue weighted by Gasteiger charge is 2.36. The van der Waals surface area contributed by atoms with Crippen LogP contribution in [0.4, 0.5) is 0 Å². The second-order valence-electron chi connectivity index (χ2n) is 6.20. The molecule has 1 saturated carbocycles. The van der Waals surface area contributed by atoms with Crippen molar-refractivity contribution in [3.05, 3.63) is 46.2 Å². The molecule has 2 aromatic heterocycles. The Labute approximate surface area is 159 Å². The van der Waals surface area contributed by atoms with Crippen molar-refractivity contribution >= 4 is 23.2 Å². The van der Waals surface area contributed by atoms with E-state index in [9.17, 15) is 0 Å². The van der Waals surface area contributed by atoms with Crippen molar-refractivity contribution in [1.82, 2.24) is 20.3 Å². The van der Waals surface area contributed by atoms with E-state index in [0.29, 0.717) is 27.3 Å². The summed E-state index contributed by atoms with van der Waals surface area (Å²) in [6.45, 7) is 0. The number of ether oxygens (including phenoxy) is 1.